The van der Waals surface area contributed by atoms with Gasteiger partial charge in [0.05, 0.1) is 5.41 Å². The quantitative estimate of drug-likeness (QED) is 0.631. The highest BCUT2D eigenvalue weighted by molar-refractivity contribution is 5.76. The molecule has 0 saturated heterocycles. The number of hydrogen-bond acceptors (Lipinski definition) is 2. The van der Waals surface area contributed by atoms with E-state index in [1.807, 2.05) is 13.8 Å². The summed E-state index contributed by atoms with van der Waals surface area (Å²) < 4.78 is 6.49. The average Bonchev–Trinajstić information content (AvgIpc) is 3.19. The molecule has 0 amide bonds. The van der Waals surface area contributed by atoms with Crippen molar-refractivity contribution in [3.8, 4) is 0 Å². The van der Waals surface area contributed by atoms with Crippen molar-refractivity contribution < 1.29 is 9.53 Å². The Balaban J connectivity index is 1.95. The minimum atomic E-state index is -0.356. The van der Waals surface area contributed by atoms with Gasteiger partial charge in [0.2, 0.25) is 0 Å². The van der Waals surface area contributed by atoms with Gasteiger partial charge in [0, 0.05) is 10.8 Å². The number of carbonyl (C=O) groups excluding carboxylic acids is 1. The molecule has 0 aliphatic heterocycles. The second-order valence-electron chi connectivity index (χ2n) is 9.14. The standard InChI is InChI=1S/C20H34O2/c1-5-17(2,3)16(21)22-18(4)19(10-6-7-11-19)14-15-20(18)12-8-9-13-20/h5-15H2,1-4H3. The molecule has 0 radical (unpaired) electrons. The number of carbonyl (C=O) groups is 1. The molecule has 0 bridgehead atoms. The molecule has 0 atom stereocenters. The van der Waals surface area contributed by atoms with Crippen LogP contribution in [0.1, 0.15) is 98.3 Å². The highest BCUT2D eigenvalue weighted by Gasteiger charge is 2.68. The van der Waals surface area contributed by atoms with Crippen LogP contribution < -0.4 is 0 Å². The van der Waals surface area contributed by atoms with Gasteiger partial charge in [0.15, 0.2) is 0 Å². The highest BCUT2D eigenvalue weighted by Crippen LogP contribution is 2.69. The number of ether oxygens (including phenoxy) is 1. The van der Waals surface area contributed by atoms with Crippen LogP contribution >= 0.6 is 0 Å². The molecule has 3 saturated carbocycles. The van der Waals surface area contributed by atoms with Gasteiger partial charge in [-0.3, -0.25) is 4.79 Å². The molecule has 22 heavy (non-hydrogen) atoms. The number of hydrogen-bond donors (Lipinski definition) is 0. The van der Waals surface area contributed by atoms with E-state index in [4.69, 9.17) is 4.74 Å². The first-order chi connectivity index (χ1) is 10.3. The Labute approximate surface area is 136 Å². The minimum absolute atomic E-state index is 0.0388. The Morgan fingerprint density at radius 3 is 1.68 bits per heavy atom. The van der Waals surface area contributed by atoms with Crippen LogP contribution in [0.25, 0.3) is 0 Å². The van der Waals surface area contributed by atoms with Crippen LogP contribution in [0.2, 0.25) is 0 Å². The van der Waals surface area contributed by atoms with Gasteiger partial charge >= 0.3 is 5.97 Å². The summed E-state index contributed by atoms with van der Waals surface area (Å²) in [7, 11) is 0. The van der Waals surface area contributed by atoms with Crippen molar-refractivity contribution in [3.63, 3.8) is 0 Å². The molecule has 0 heterocycles. The third-order valence-corrected chi connectivity index (χ3v) is 7.96. The molecule has 2 nitrogen and oxygen atoms in total. The van der Waals surface area contributed by atoms with Gasteiger partial charge in [-0.15, -0.1) is 0 Å². The molecule has 2 spiro atoms. The van der Waals surface area contributed by atoms with Crippen LogP contribution in [0.15, 0.2) is 0 Å². The normalized spacial score (nSPS) is 28.5. The Hall–Kier alpha value is -0.530. The van der Waals surface area contributed by atoms with Crippen LogP contribution in [0.4, 0.5) is 0 Å². The van der Waals surface area contributed by atoms with Gasteiger partial charge in [-0.2, -0.15) is 0 Å². The molecule has 0 aromatic carbocycles. The van der Waals surface area contributed by atoms with Crippen molar-refractivity contribution in [2.45, 2.75) is 104 Å². The molecular formula is C20H34O2. The van der Waals surface area contributed by atoms with E-state index in [0.29, 0.717) is 0 Å². The molecule has 0 unspecified atom stereocenters. The van der Waals surface area contributed by atoms with E-state index in [-0.39, 0.29) is 27.8 Å². The monoisotopic (exact) mass is 306 g/mol. The van der Waals surface area contributed by atoms with Gasteiger partial charge in [-0.1, -0.05) is 32.6 Å². The Morgan fingerprint density at radius 2 is 1.32 bits per heavy atom. The van der Waals surface area contributed by atoms with Gasteiger partial charge in [0.1, 0.15) is 5.60 Å². The third kappa shape index (κ3) is 2.08. The van der Waals surface area contributed by atoms with E-state index in [2.05, 4.69) is 13.8 Å². The first kappa shape index (κ1) is 16.3. The van der Waals surface area contributed by atoms with Gasteiger partial charge in [-0.25, -0.2) is 0 Å². The zero-order valence-corrected chi connectivity index (χ0v) is 15.1. The third-order valence-electron chi connectivity index (χ3n) is 7.96. The lowest BCUT2D eigenvalue weighted by Crippen LogP contribution is -2.54. The second-order valence-corrected chi connectivity index (χ2v) is 9.14. The van der Waals surface area contributed by atoms with Crippen molar-refractivity contribution in [3.05, 3.63) is 0 Å². The predicted octanol–water partition coefficient (Wildman–Crippen LogP) is 5.64. The van der Waals surface area contributed by atoms with E-state index >= 15 is 0 Å². The van der Waals surface area contributed by atoms with Crippen molar-refractivity contribution >= 4 is 5.97 Å². The molecule has 3 rings (SSSR count). The maximum atomic E-state index is 12.9. The van der Waals surface area contributed by atoms with Crippen LogP contribution in [0, 0.1) is 16.2 Å². The summed E-state index contributed by atoms with van der Waals surface area (Å²) in [6.07, 6.45) is 13.8. The Morgan fingerprint density at radius 1 is 0.909 bits per heavy atom. The van der Waals surface area contributed by atoms with E-state index < -0.39 is 0 Å². The summed E-state index contributed by atoms with van der Waals surface area (Å²) in [5.41, 5.74) is -0.0324. The van der Waals surface area contributed by atoms with Crippen molar-refractivity contribution in [2.75, 3.05) is 0 Å². The van der Waals surface area contributed by atoms with Crippen molar-refractivity contribution in [2.24, 2.45) is 16.2 Å². The summed E-state index contributed by atoms with van der Waals surface area (Å²) in [6.45, 7) is 8.49. The highest BCUT2D eigenvalue weighted by atomic mass is 16.6. The molecule has 3 aliphatic rings. The predicted molar refractivity (Wildman–Crippen MR) is 89.6 cm³/mol. The summed E-state index contributed by atoms with van der Waals surface area (Å²) in [6, 6.07) is 0. The SMILES string of the molecule is CCC(C)(C)C(=O)OC1(C)C2(CCCC2)CCC12CCCC2. The fourth-order valence-electron chi connectivity index (χ4n) is 5.76. The lowest BCUT2D eigenvalue weighted by atomic mass is 9.63. The van der Waals surface area contributed by atoms with Gasteiger partial charge in [-0.05, 0) is 65.7 Å². The lowest BCUT2D eigenvalue weighted by molar-refractivity contribution is -0.199. The maximum absolute atomic E-state index is 12.9. The maximum Gasteiger partial charge on any atom is 0.312 e. The first-order valence-electron chi connectivity index (χ1n) is 9.54. The lowest BCUT2D eigenvalue weighted by Gasteiger charge is -2.50. The summed E-state index contributed by atoms with van der Waals surface area (Å²) in [5, 5.41) is 0. The molecule has 2 heteroatoms. The van der Waals surface area contributed by atoms with E-state index in [1.54, 1.807) is 0 Å². The minimum Gasteiger partial charge on any atom is -0.458 e. The van der Waals surface area contributed by atoms with Crippen LogP contribution in [-0.4, -0.2) is 11.6 Å². The summed E-state index contributed by atoms with van der Waals surface area (Å²) in [4.78, 5) is 12.9. The molecule has 3 fully saturated rings. The zero-order valence-electron chi connectivity index (χ0n) is 15.1. The Kier molecular flexibility index (Phi) is 3.89. The average molecular weight is 306 g/mol. The van der Waals surface area contributed by atoms with Crippen LogP contribution in [-0.2, 0) is 9.53 Å². The van der Waals surface area contributed by atoms with E-state index in [0.717, 1.165) is 6.42 Å². The van der Waals surface area contributed by atoms with E-state index in [1.165, 1.54) is 64.2 Å². The zero-order chi connectivity index (χ0) is 16.1. The van der Waals surface area contributed by atoms with Gasteiger partial charge < -0.3 is 4.74 Å². The van der Waals surface area contributed by atoms with Crippen molar-refractivity contribution in [1.82, 2.24) is 0 Å². The number of rotatable bonds is 3. The van der Waals surface area contributed by atoms with Crippen molar-refractivity contribution in [1.29, 1.82) is 0 Å². The fourth-order valence-corrected chi connectivity index (χ4v) is 5.76. The van der Waals surface area contributed by atoms with E-state index in [9.17, 15) is 4.79 Å². The summed E-state index contributed by atoms with van der Waals surface area (Å²) >= 11 is 0. The Bertz CT molecular complexity index is 413. The fraction of sp³-hybridized carbons (Fsp3) is 0.950. The topological polar surface area (TPSA) is 26.3 Å². The van der Waals surface area contributed by atoms with Gasteiger partial charge in [0.25, 0.3) is 0 Å². The molecule has 3 aliphatic carbocycles. The van der Waals surface area contributed by atoms with Crippen LogP contribution in [0.3, 0.4) is 0 Å². The molecular weight excluding hydrogens is 272 g/mol. The first-order valence-corrected chi connectivity index (χ1v) is 9.54. The molecule has 0 N–H and O–H groups in total. The number of esters is 1. The molecule has 126 valence electrons. The molecule has 0 aromatic rings. The smallest absolute Gasteiger partial charge is 0.312 e. The summed E-state index contributed by atoms with van der Waals surface area (Å²) in [5.74, 6) is 0.0388. The molecule has 0 aromatic heterocycles. The largest absolute Gasteiger partial charge is 0.458 e. The van der Waals surface area contributed by atoms with Crippen LogP contribution in [0.5, 0.6) is 0 Å². The second kappa shape index (κ2) is 5.24.